The van der Waals surface area contributed by atoms with Crippen LogP contribution in [0.25, 0.3) is 16.8 Å². The SMILES string of the molecule is C1=CC(c2cccs2)Oc2ccc3ccccc3c21. The van der Waals surface area contributed by atoms with Crippen molar-refractivity contribution >= 4 is 28.2 Å². The number of rotatable bonds is 1. The van der Waals surface area contributed by atoms with Gasteiger partial charge in [0, 0.05) is 10.4 Å². The molecule has 92 valence electrons. The largest absolute Gasteiger partial charge is 0.480 e. The summed E-state index contributed by atoms with van der Waals surface area (Å²) in [4.78, 5) is 1.25. The molecule has 2 heterocycles. The third kappa shape index (κ3) is 1.76. The highest BCUT2D eigenvalue weighted by atomic mass is 32.1. The van der Waals surface area contributed by atoms with E-state index in [0.29, 0.717) is 0 Å². The van der Waals surface area contributed by atoms with Gasteiger partial charge in [0.2, 0.25) is 0 Å². The van der Waals surface area contributed by atoms with E-state index in [4.69, 9.17) is 4.74 Å². The van der Waals surface area contributed by atoms with Crippen LogP contribution < -0.4 is 4.74 Å². The number of thiophene rings is 1. The molecule has 0 aliphatic carbocycles. The first-order valence-electron chi connectivity index (χ1n) is 6.32. The van der Waals surface area contributed by atoms with Gasteiger partial charge in [-0.25, -0.2) is 0 Å². The maximum Gasteiger partial charge on any atom is 0.151 e. The summed E-state index contributed by atoms with van der Waals surface area (Å²) < 4.78 is 6.11. The van der Waals surface area contributed by atoms with Crippen molar-refractivity contribution in [2.75, 3.05) is 0 Å². The van der Waals surface area contributed by atoms with Gasteiger partial charge < -0.3 is 4.74 Å². The van der Waals surface area contributed by atoms with E-state index in [1.54, 1.807) is 11.3 Å². The fourth-order valence-corrected chi connectivity index (χ4v) is 3.25. The number of fused-ring (bicyclic) bond motifs is 3. The summed E-state index contributed by atoms with van der Waals surface area (Å²) in [6.45, 7) is 0. The first kappa shape index (κ1) is 10.8. The van der Waals surface area contributed by atoms with E-state index in [-0.39, 0.29) is 6.10 Å². The smallest absolute Gasteiger partial charge is 0.151 e. The molecule has 0 fully saturated rings. The van der Waals surface area contributed by atoms with Gasteiger partial charge in [0.15, 0.2) is 6.10 Å². The van der Waals surface area contributed by atoms with E-state index in [1.165, 1.54) is 21.2 Å². The van der Waals surface area contributed by atoms with Crippen LogP contribution in [0.5, 0.6) is 5.75 Å². The zero-order valence-electron chi connectivity index (χ0n) is 10.2. The normalized spacial score (nSPS) is 17.2. The van der Waals surface area contributed by atoms with Crippen LogP contribution in [-0.4, -0.2) is 0 Å². The monoisotopic (exact) mass is 264 g/mol. The van der Waals surface area contributed by atoms with Gasteiger partial charge >= 0.3 is 0 Å². The number of hydrogen-bond acceptors (Lipinski definition) is 2. The average molecular weight is 264 g/mol. The van der Waals surface area contributed by atoms with Gasteiger partial charge in [-0.2, -0.15) is 0 Å². The molecule has 0 saturated heterocycles. The van der Waals surface area contributed by atoms with Crippen LogP contribution in [0.2, 0.25) is 0 Å². The fraction of sp³-hybridized carbons (Fsp3) is 0.0588. The Bertz CT molecular complexity index is 756. The van der Waals surface area contributed by atoms with Crippen molar-refractivity contribution in [2.45, 2.75) is 6.10 Å². The summed E-state index contributed by atoms with van der Waals surface area (Å²) in [5, 5.41) is 4.59. The third-order valence-electron chi connectivity index (χ3n) is 3.45. The zero-order chi connectivity index (χ0) is 12.7. The van der Waals surface area contributed by atoms with E-state index < -0.39 is 0 Å². The van der Waals surface area contributed by atoms with Crippen LogP contribution in [0, 0.1) is 0 Å². The molecule has 0 spiro atoms. The molecule has 0 amide bonds. The van der Waals surface area contributed by atoms with Crippen molar-refractivity contribution in [3.63, 3.8) is 0 Å². The first-order valence-corrected chi connectivity index (χ1v) is 7.20. The van der Waals surface area contributed by atoms with Gasteiger partial charge in [0.05, 0.1) is 0 Å². The summed E-state index contributed by atoms with van der Waals surface area (Å²) in [7, 11) is 0. The van der Waals surface area contributed by atoms with Crippen molar-refractivity contribution in [1.82, 2.24) is 0 Å². The minimum absolute atomic E-state index is 0.0497. The van der Waals surface area contributed by atoms with E-state index in [2.05, 4.69) is 66.1 Å². The van der Waals surface area contributed by atoms with Crippen molar-refractivity contribution in [3.8, 4) is 5.75 Å². The Hall–Kier alpha value is -2.06. The molecule has 1 aromatic heterocycles. The summed E-state index contributed by atoms with van der Waals surface area (Å²) in [6.07, 6.45) is 4.38. The van der Waals surface area contributed by atoms with Crippen LogP contribution >= 0.6 is 11.3 Å². The van der Waals surface area contributed by atoms with Crippen LogP contribution in [0.15, 0.2) is 60.0 Å². The maximum atomic E-state index is 6.11. The molecular weight excluding hydrogens is 252 g/mol. The molecule has 1 atom stereocenters. The quantitative estimate of drug-likeness (QED) is 0.597. The minimum atomic E-state index is 0.0497. The van der Waals surface area contributed by atoms with Crippen LogP contribution in [0.4, 0.5) is 0 Å². The number of ether oxygens (including phenoxy) is 1. The summed E-state index contributed by atoms with van der Waals surface area (Å²) in [5.74, 6) is 0.972. The molecule has 19 heavy (non-hydrogen) atoms. The van der Waals surface area contributed by atoms with E-state index in [9.17, 15) is 0 Å². The molecule has 4 rings (SSSR count). The van der Waals surface area contributed by atoms with Crippen molar-refractivity contribution in [1.29, 1.82) is 0 Å². The second-order valence-electron chi connectivity index (χ2n) is 4.61. The highest BCUT2D eigenvalue weighted by molar-refractivity contribution is 7.10. The van der Waals surface area contributed by atoms with Crippen molar-refractivity contribution in [2.24, 2.45) is 0 Å². The number of benzene rings is 2. The Morgan fingerprint density at radius 3 is 2.79 bits per heavy atom. The lowest BCUT2D eigenvalue weighted by Crippen LogP contribution is -2.07. The molecule has 0 N–H and O–H groups in total. The van der Waals surface area contributed by atoms with Gasteiger partial charge in [0.25, 0.3) is 0 Å². The molecule has 1 aliphatic heterocycles. The predicted octanol–water partition coefficient (Wildman–Crippen LogP) is 5.05. The maximum absolute atomic E-state index is 6.11. The molecule has 2 aromatic carbocycles. The Morgan fingerprint density at radius 2 is 1.89 bits per heavy atom. The Balaban J connectivity index is 1.84. The predicted molar refractivity (Wildman–Crippen MR) is 80.7 cm³/mol. The molecule has 0 radical (unpaired) electrons. The van der Waals surface area contributed by atoms with Gasteiger partial charge in [-0.3, -0.25) is 0 Å². The highest BCUT2D eigenvalue weighted by Crippen LogP contribution is 2.37. The zero-order valence-corrected chi connectivity index (χ0v) is 11.1. The van der Waals surface area contributed by atoms with Crippen LogP contribution in [0.1, 0.15) is 16.5 Å². The summed E-state index contributed by atoms with van der Waals surface area (Å²) >= 11 is 1.73. The van der Waals surface area contributed by atoms with Crippen molar-refractivity contribution in [3.05, 3.63) is 70.4 Å². The van der Waals surface area contributed by atoms with E-state index >= 15 is 0 Å². The molecular formula is C17H12OS. The lowest BCUT2D eigenvalue weighted by molar-refractivity contribution is 0.256. The second-order valence-corrected chi connectivity index (χ2v) is 5.59. The molecule has 1 unspecified atom stereocenters. The lowest BCUT2D eigenvalue weighted by Gasteiger charge is -2.21. The van der Waals surface area contributed by atoms with E-state index in [0.717, 1.165) is 5.75 Å². The van der Waals surface area contributed by atoms with Crippen molar-refractivity contribution < 1.29 is 4.74 Å². The van der Waals surface area contributed by atoms with Crippen LogP contribution in [0.3, 0.4) is 0 Å². The Labute approximate surface area is 115 Å². The summed E-state index contributed by atoms with van der Waals surface area (Å²) in [6, 6.07) is 16.8. The summed E-state index contributed by atoms with van der Waals surface area (Å²) in [5.41, 5.74) is 1.19. The minimum Gasteiger partial charge on any atom is -0.480 e. The van der Waals surface area contributed by atoms with Gasteiger partial charge in [0.1, 0.15) is 5.75 Å². The molecule has 0 bridgehead atoms. The van der Waals surface area contributed by atoms with E-state index in [1.807, 2.05) is 0 Å². The second kappa shape index (κ2) is 4.25. The molecule has 1 nitrogen and oxygen atoms in total. The molecule has 3 aromatic rings. The third-order valence-corrected chi connectivity index (χ3v) is 4.38. The highest BCUT2D eigenvalue weighted by Gasteiger charge is 2.18. The fourth-order valence-electron chi connectivity index (χ4n) is 2.52. The van der Waals surface area contributed by atoms with Gasteiger partial charge in [-0.05, 0) is 34.4 Å². The molecule has 2 heteroatoms. The first-order chi connectivity index (χ1) is 9.42. The topological polar surface area (TPSA) is 9.23 Å². The lowest BCUT2D eigenvalue weighted by atomic mass is 10.0. The average Bonchev–Trinajstić information content (AvgIpc) is 3.01. The van der Waals surface area contributed by atoms with Crippen LogP contribution in [-0.2, 0) is 0 Å². The van der Waals surface area contributed by atoms with Gasteiger partial charge in [-0.1, -0.05) is 42.5 Å². The Morgan fingerprint density at radius 1 is 0.947 bits per heavy atom. The Kier molecular flexibility index (Phi) is 2.42. The number of hydrogen-bond donors (Lipinski definition) is 0. The molecule has 1 aliphatic rings. The standard InChI is InChI=1S/C17H12OS/c1-2-5-13-12(4-1)7-9-15-14(13)8-10-16(18-15)17-6-3-11-19-17/h1-11,16H. The molecule has 0 saturated carbocycles. The van der Waals surface area contributed by atoms with Gasteiger partial charge in [-0.15, -0.1) is 11.3 Å².